The Kier molecular flexibility index (Phi) is 6.26. The first-order chi connectivity index (χ1) is 16.6. The number of hydrogen-bond acceptors (Lipinski definition) is 7. The predicted molar refractivity (Wildman–Crippen MR) is 139 cm³/mol. The summed E-state index contributed by atoms with van der Waals surface area (Å²) in [6.45, 7) is 6.26. The summed E-state index contributed by atoms with van der Waals surface area (Å²) in [4.78, 5) is 21.8. The largest absolute Gasteiger partial charge is 0.492 e. The molecule has 0 spiro atoms. The molecule has 182 valence electrons. The van der Waals surface area contributed by atoms with Crippen molar-refractivity contribution in [3.05, 3.63) is 59.9 Å². The van der Waals surface area contributed by atoms with Gasteiger partial charge in [-0.25, -0.2) is 4.98 Å². The molecule has 2 aromatic carbocycles. The van der Waals surface area contributed by atoms with Crippen LogP contribution in [0.25, 0.3) is 10.9 Å². The Labute approximate surface area is 204 Å². The fourth-order valence-electron chi connectivity index (χ4n) is 3.90. The molecule has 4 N–H and O–H groups in total. The van der Waals surface area contributed by atoms with Crippen LogP contribution in [0.1, 0.15) is 36.8 Å². The number of anilines is 3. The Morgan fingerprint density at radius 2 is 1.91 bits per heavy atom. The smallest absolute Gasteiger partial charge is 0.272 e. The van der Waals surface area contributed by atoms with Crippen molar-refractivity contribution in [2.24, 2.45) is 7.05 Å². The number of nitrogen functional groups attached to an aromatic ring is 1. The van der Waals surface area contributed by atoms with Crippen LogP contribution in [-0.2, 0) is 12.5 Å². The maximum Gasteiger partial charge on any atom is 0.272 e. The van der Waals surface area contributed by atoms with Crippen molar-refractivity contribution in [3.8, 4) is 17.4 Å². The Hall–Kier alpha value is -4.27. The van der Waals surface area contributed by atoms with E-state index in [2.05, 4.69) is 41.4 Å². The number of nitrogens with zero attached hydrogens (tertiary/aromatic N) is 3. The number of para-hydroxylation sites is 1. The molecule has 2 heterocycles. The van der Waals surface area contributed by atoms with E-state index >= 15 is 0 Å². The summed E-state index contributed by atoms with van der Waals surface area (Å²) in [6.07, 6.45) is 1.61. The third-order valence-electron chi connectivity index (χ3n) is 5.76. The summed E-state index contributed by atoms with van der Waals surface area (Å²) in [5, 5.41) is 6.73. The number of benzene rings is 2. The second-order valence-corrected chi connectivity index (χ2v) is 9.20. The van der Waals surface area contributed by atoms with Gasteiger partial charge < -0.3 is 30.4 Å². The third kappa shape index (κ3) is 4.70. The number of aromatic nitrogens is 3. The van der Waals surface area contributed by atoms with Crippen LogP contribution in [0.15, 0.2) is 48.7 Å². The average molecular weight is 475 g/mol. The van der Waals surface area contributed by atoms with Gasteiger partial charge in [0.1, 0.15) is 5.69 Å². The van der Waals surface area contributed by atoms with Crippen LogP contribution in [0.2, 0.25) is 0 Å². The van der Waals surface area contributed by atoms with Gasteiger partial charge in [0.25, 0.3) is 5.91 Å². The molecule has 0 aliphatic carbocycles. The van der Waals surface area contributed by atoms with Gasteiger partial charge in [-0.1, -0.05) is 32.9 Å². The Balaban J connectivity index is 1.71. The van der Waals surface area contributed by atoms with Crippen molar-refractivity contribution in [3.63, 3.8) is 0 Å². The lowest BCUT2D eigenvalue weighted by molar-refractivity contribution is 0.101. The number of carbonyl (C=O) groups is 1. The van der Waals surface area contributed by atoms with Crippen molar-refractivity contribution in [2.75, 3.05) is 30.5 Å². The molecule has 9 heteroatoms. The van der Waals surface area contributed by atoms with Crippen molar-refractivity contribution < 1.29 is 14.3 Å². The van der Waals surface area contributed by atoms with Gasteiger partial charge in [-0.2, -0.15) is 4.98 Å². The molecule has 0 atom stereocenters. The Bertz CT molecular complexity index is 1400. The number of fused-ring (bicyclic) bond motifs is 1. The number of hydrogen-bond donors (Lipinski definition) is 3. The van der Waals surface area contributed by atoms with E-state index in [-0.39, 0.29) is 11.3 Å². The van der Waals surface area contributed by atoms with E-state index in [1.54, 1.807) is 23.9 Å². The molecule has 35 heavy (non-hydrogen) atoms. The third-order valence-corrected chi connectivity index (χ3v) is 5.76. The molecular weight excluding hydrogens is 444 g/mol. The number of nitrogens with two attached hydrogens (primary N) is 1. The first kappa shape index (κ1) is 23.9. The number of carbonyl (C=O) groups excluding carboxylic acids is 1. The van der Waals surface area contributed by atoms with E-state index in [1.807, 2.05) is 43.4 Å². The van der Waals surface area contributed by atoms with Gasteiger partial charge in [-0.3, -0.25) is 4.79 Å². The van der Waals surface area contributed by atoms with Crippen LogP contribution < -0.4 is 25.8 Å². The molecule has 4 rings (SSSR count). The first-order valence-corrected chi connectivity index (χ1v) is 11.2. The molecule has 0 radical (unpaired) electrons. The lowest BCUT2D eigenvalue weighted by atomic mass is 9.86. The zero-order chi connectivity index (χ0) is 25.3. The van der Waals surface area contributed by atoms with Crippen LogP contribution >= 0.6 is 0 Å². The Morgan fingerprint density at radius 3 is 2.60 bits per heavy atom. The topological polar surface area (TPSA) is 116 Å². The number of amides is 1. The summed E-state index contributed by atoms with van der Waals surface area (Å²) in [7, 11) is 5.09. The summed E-state index contributed by atoms with van der Waals surface area (Å²) < 4.78 is 13.3. The molecule has 0 aliphatic heterocycles. The van der Waals surface area contributed by atoms with Crippen LogP contribution in [0.3, 0.4) is 0 Å². The van der Waals surface area contributed by atoms with E-state index in [1.165, 1.54) is 7.11 Å². The normalized spacial score (nSPS) is 11.4. The van der Waals surface area contributed by atoms with Gasteiger partial charge in [0, 0.05) is 31.7 Å². The van der Waals surface area contributed by atoms with Gasteiger partial charge in [-0.15, -0.1) is 0 Å². The van der Waals surface area contributed by atoms with Crippen molar-refractivity contribution in [1.29, 1.82) is 0 Å². The van der Waals surface area contributed by atoms with Crippen molar-refractivity contribution in [2.45, 2.75) is 26.2 Å². The fraction of sp³-hybridized carbons (Fsp3) is 0.269. The molecule has 0 bridgehead atoms. The highest BCUT2D eigenvalue weighted by atomic mass is 16.5. The zero-order valence-electron chi connectivity index (χ0n) is 20.8. The minimum Gasteiger partial charge on any atom is -0.492 e. The quantitative estimate of drug-likeness (QED) is 0.339. The minimum absolute atomic E-state index is 0.153. The van der Waals surface area contributed by atoms with Gasteiger partial charge in [0.2, 0.25) is 11.8 Å². The molecule has 2 aromatic heterocycles. The highest BCUT2D eigenvalue weighted by Gasteiger charge is 2.22. The van der Waals surface area contributed by atoms with Gasteiger partial charge >= 0.3 is 0 Å². The summed E-state index contributed by atoms with van der Waals surface area (Å²) in [5.41, 5.74) is 9.27. The lowest BCUT2D eigenvalue weighted by Gasteiger charge is -2.22. The van der Waals surface area contributed by atoms with E-state index in [0.717, 1.165) is 16.5 Å². The SMILES string of the molecule is CNc1nccc(Oc2cccc3cc(C(=O)Nc4cc(C(C)(C)C)cc(N)c4OC)n(C)c23)n1. The van der Waals surface area contributed by atoms with Gasteiger partial charge in [-0.05, 0) is 35.2 Å². The van der Waals surface area contributed by atoms with Crippen LogP contribution in [-0.4, -0.2) is 34.6 Å². The van der Waals surface area contributed by atoms with Crippen LogP contribution in [0.4, 0.5) is 17.3 Å². The maximum absolute atomic E-state index is 13.4. The van der Waals surface area contributed by atoms with Crippen LogP contribution in [0.5, 0.6) is 17.4 Å². The fourth-order valence-corrected chi connectivity index (χ4v) is 3.90. The zero-order valence-corrected chi connectivity index (χ0v) is 20.8. The number of nitrogens with one attached hydrogen (secondary N) is 2. The standard InChI is InChI=1S/C26H30N6O3/c1-26(2,3)16-13-17(27)23(34-6)18(14-16)30-24(33)19-12-15-8-7-9-20(22(15)32(19)5)35-21-10-11-29-25(28-4)31-21/h7-14H,27H2,1-6H3,(H,30,33)(H,28,29,31). The molecular formula is C26H30N6O3. The number of aryl methyl sites for hydroxylation is 1. The Morgan fingerprint density at radius 1 is 1.14 bits per heavy atom. The van der Waals surface area contributed by atoms with E-state index in [9.17, 15) is 4.79 Å². The summed E-state index contributed by atoms with van der Waals surface area (Å²) in [5.74, 6) is 1.55. The maximum atomic E-state index is 13.4. The second-order valence-electron chi connectivity index (χ2n) is 9.20. The van der Waals surface area contributed by atoms with E-state index in [0.29, 0.717) is 40.4 Å². The van der Waals surface area contributed by atoms with Gasteiger partial charge in [0.15, 0.2) is 11.5 Å². The number of rotatable bonds is 6. The molecule has 9 nitrogen and oxygen atoms in total. The highest BCUT2D eigenvalue weighted by Crippen LogP contribution is 2.38. The molecule has 1 amide bonds. The molecule has 0 saturated carbocycles. The molecule has 0 aliphatic rings. The summed E-state index contributed by atoms with van der Waals surface area (Å²) in [6, 6.07) is 12.9. The van der Waals surface area contributed by atoms with Crippen molar-refractivity contribution in [1.82, 2.24) is 14.5 Å². The average Bonchev–Trinajstić information content (AvgIpc) is 3.16. The number of ether oxygens (including phenoxy) is 2. The molecule has 0 unspecified atom stereocenters. The van der Waals surface area contributed by atoms with Gasteiger partial charge in [0.05, 0.1) is 24.0 Å². The number of methoxy groups -OCH3 is 1. The molecule has 0 fully saturated rings. The highest BCUT2D eigenvalue weighted by molar-refractivity contribution is 6.08. The molecule has 0 saturated heterocycles. The summed E-state index contributed by atoms with van der Waals surface area (Å²) >= 11 is 0. The second kappa shape index (κ2) is 9.17. The lowest BCUT2D eigenvalue weighted by Crippen LogP contribution is -2.18. The van der Waals surface area contributed by atoms with E-state index in [4.69, 9.17) is 15.2 Å². The first-order valence-electron chi connectivity index (χ1n) is 11.2. The monoisotopic (exact) mass is 474 g/mol. The van der Waals surface area contributed by atoms with E-state index < -0.39 is 0 Å². The minimum atomic E-state index is -0.294. The van der Waals surface area contributed by atoms with Crippen molar-refractivity contribution >= 4 is 34.1 Å². The van der Waals surface area contributed by atoms with Crippen LogP contribution in [0, 0.1) is 0 Å². The molecule has 4 aromatic rings. The predicted octanol–water partition coefficient (Wildman–Crippen LogP) is 4.94.